The van der Waals surface area contributed by atoms with Gasteiger partial charge in [0, 0.05) is 58.8 Å². The molecule has 0 aliphatic heterocycles. The maximum Gasteiger partial charge on any atom is 0.159 e. The third-order valence-electron chi connectivity index (χ3n) is 10.1. The zero-order chi connectivity index (χ0) is 32.8. The molecule has 4 heteroatoms. The van der Waals surface area contributed by atoms with Gasteiger partial charge in [-0.05, 0) is 77.5 Å². The van der Waals surface area contributed by atoms with Crippen LogP contribution in [0, 0.1) is 0 Å². The second-order valence-corrected chi connectivity index (χ2v) is 14.0. The van der Waals surface area contributed by atoms with E-state index in [9.17, 15) is 0 Å². The van der Waals surface area contributed by atoms with Crippen molar-refractivity contribution in [2.24, 2.45) is 0 Å². The van der Waals surface area contributed by atoms with Gasteiger partial charge in [-0.25, -0.2) is 0 Å². The summed E-state index contributed by atoms with van der Waals surface area (Å²) in [4.78, 5) is 2.37. The van der Waals surface area contributed by atoms with Crippen molar-refractivity contribution < 1.29 is 4.42 Å². The minimum absolute atomic E-state index is 0.875. The molecule has 0 aliphatic carbocycles. The summed E-state index contributed by atoms with van der Waals surface area (Å²) in [5, 5.41) is 9.81. The normalized spacial score (nSPS) is 12.0. The Kier molecular flexibility index (Phi) is 5.83. The molecule has 0 bridgehead atoms. The first-order valence-corrected chi connectivity index (χ1v) is 17.7. The van der Waals surface area contributed by atoms with Crippen molar-refractivity contribution in [3.63, 3.8) is 0 Å². The van der Waals surface area contributed by atoms with E-state index < -0.39 is 0 Å². The maximum absolute atomic E-state index is 6.67. The Morgan fingerprint density at radius 2 is 1.10 bits per heavy atom. The van der Waals surface area contributed by atoms with E-state index in [0.717, 1.165) is 50.2 Å². The van der Waals surface area contributed by atoms with Crippen molar-refractivity contribution in [3.8, 4) is 5.69 Å². The van der Waals surface area contributed by atoms with Crippen LogP contribution in [0.5, 0.6) is 0 Å². The summed E-state index contributed by atoms with van der Waals surface area (Å²) in [7, 11) is 0. The third-order valence-corrected chi connectivity index (χ3v) is 11.3. The highest BCUT2D eigenvalue weighted by atomic mass is 32.1. The number of furan rings is 1. The van der Waals surface area contributed by atoms with Crippen molar-refractivity contribution in [1.29, 1.82) is 0 Å². The van der Waals surface area contributed by atoms with Crippen molar-refractivity contribution >= 4 is 103 Å². The molecule has 50 heavy (non-hydrogen) atoms. The molecule has 0 spiro atoms. The summed E-state index contributed by atoms with van der Waals surface area (Å²) >= 11 is 1.86. The van der Waals surface area contributed by atoms with Crippen molar-refractivity contribution in [1.82, 2.24) is 4.57 Å². The van der Waals surface area contributed by atoms with Crippen LogP contribution in [0.2, 0.25) is 0 Å². The Labute approximate surface area is 291 Å². The monoisotopic (exact) mass is 656 g/mol. The molecule has 8 aromatic carbocycles. The summed E-state index contributed by atoms with van der Waals surface area (Å²) in [6.45, 7) is 0. The quantitative estimate of drug-likeness (QED) is 0.188. The average molecular weight is 657 g/mol. The molecular formula is C46H28N2OS. The van der Waals surface area contributed by atoms with E-state index in [-0.39, 0.29) is 0 Å². The predicted molar refractivity (Wildman–Crippen MR) is 213 cm³/mol. The first kappa shape index (κ1) is 27.6. The summed E-state index contributed by atoms with van der Waals surface area (Å²) in [6.07, 6.45) is 0. The van der Waals surface area contributed by atoms with Gasteiger partial charge < -0.3 is 13.9 Å². The van der Waals surface area contributed by atoms with E-state index in [1.54, 1.807) is 0 Å². The fraction of sp³-hybridized carbons (Fsp3) is 0. The van der Waals surface area contributed by atoms with Crippen LogP contribution in [0.1, 0.15) is 0 Å². The van der Waals surface area contributed by atoms with Gasteiger partial charge in [0.1, 0.15) is 5.58 Å². The summed E-state index contributed by atoms with van der Waals surface area (Å²) < 4.78 is 11.6. The molecule has 11 aromatic rings. The Hall–Kier alpha value is -6.36. The fourth-order valence-corrected chi connectivity index (χ4v) is 9.05. The van der Waals surface area contributed by atoms with Gasteiger partial charge >= 0.3 is 0 Å². The van der Waals surface area contributed by atoms with E-state index in [1.807, 2.05) is 17.4 Å². The smallest absolute Gasteiger partial charge is 0.159 e. The Balaban J connectivity index is 1.20. The van der Waals surface area contributed by atoms with E-state index in [4.69, 9.17) is 4.42 Å². The SMILES string of the molecule is c1ccc(-n2c3ccccc3c3ccc(N(c4ccc5c(c4)sc4cc6ccccc6cc45)c4cccc5c4oc4ccccc45)cc32)cc1. The number of hydrogen-bond acceptors (Lipinski definition) is 3. The predicted octanol–water partition coefficient (Wildman–Crippen LogP) is 13.7. The number of fused-ring (bicyclic) bond motifs is 10. The number of thiophene rings is 1. The largest absolute Gasteiger partial charge is 0.454 e. The van der Waals surface area contributed by atoms with Gasteiger partial charge in [0.15, 0.2) is 5.58 Å². The van der Waals surface area contributed by atoms with Crippen LogP contribution < -0.4 is 4.90 Å². The number of aromatic nitrogens is 1. The molecule has 3 aromatic heterocycles. The van der Waals surface area contributed by atoms with Gasteiger partial charge in [0.25, 0.3) is 0 Å². The van der Waals surface area contributed by atoms with Crippen LogP contribution >= 0.6 is 11.3 Å². The van der Waals surface area contributed by atoms with Crippen LogP contribution in [0.25, 0.3) is 80.4 Å². The third kappa shape index (κ3) is 4.03. The van der Waals surface area contributed by atoms with E-state index in [2.05, 4.69) is 173 Å². The topological polar surface area (TPSA) is 21.3 Å². The second-order valence-electron chi connectivity index (χ2n) is 13.0. The van der Waals surface area contributed by atoms with Crippen molar-refractivity contribution in [2.45, 2.75) is 0 Å². The lowest BCUT2D eigenvalue weighted by Gasteiger charge is -2.26. The lowest BCUT2D eigenvalue weighted by atomic mass is 10.1. The molecule has 0 fully saturated rings. The Morgan fingerprint density at radius 3 is 1.98 bits per heavy atom. The van der Waals surface area contributed by atoms with Crippen LogP contribution in [-0.2, 0) is 0 Å². The van der Waals surface area contributed by atoms with E-state index in [1.165, 1.54) is 47.2 Å². The molecule has 234 valence electrons. The minimum Gasteiger partial charge on any atom is -0.454 e. The Morgan fingerprint density at radius 1 is 0.440 bits per heavy atom. The van der Waals surface area contributed by atoms with E-state index in [0.29, 0.717) is 0 Å². The molecule has 3 heterocycles. The molecule has 11 rings (SSSR count). The maximum atomic E-state index is 6.67. The van der Waals surface area contributed by atoms with Crippen molar-refractivity contribution in [2.75, 3.05) is 4.90 Å². The number of para-hydroxylation sites is 4. The van der Waals surface area contributed by atoms with Gasteiger partial charge in [-0.15, -0.1) is 11.3 Å². The molecule has 0 N–H and O–H groups in total. The lowest BCUT2D eigenvalue weighted by Crippen LogP contribution is -2.10. The molecule has 0 saturated heterocycles. The number of anilines is 3. The first-order chi connectivity index (χ1) is 24.8. The van der Waals surface area contributed by atoms with Gasteiger partial charge in [-0.1, -0.05) is 103 Å². The van der Waals surface area contributed by atoms with Crippen LogP contribution in [0.15, 0.2) is 174 Å². The average Bonchev–Trinajstić information content (AvgIpc) is 3.83. The van der Waals surface area contributed by atoms with Gasteiger partial charge in [0.2, 0.25) is 0 Å². The highest BCUT2D eigenvalue weighted by Crippen LogP contribution is 2.46. The van der Waals surface area contributed by atoms with Gasteiger partial charge in [-0.3, -0.25) is 0 Å². The van der Waals surface area contributed by atoms with Gasteiger partial charge in [0.05, 0.1) is 16.7 Å². The second kappa shape index (κ2) is 10.6. The van der Waals surface area contributed by atoms with Crippen molar-refractivity contribution in [3.05, 3.63) is 170 Å². The van der Waals surface area contributed by atoms with Gasteiger partial charge in [-0.2, -0.15) is 0 Å². The molecule has 0 aliphatic rings. The molecule has 3 nitrogen and oxygen atoms in total. The summed E-state index contributed by atoms with van der Waals surface area (Å²) in [5.41, 5.74) is 8.41. The zero-order valence-corrected chi connectivity index (χ0v) is 27.7. The lowest BCUT2D eigenvalue weighted by molar-refractivity contribution is 0.669. The number of nitrogens with zero attached hydrogens (tertiary/aromatic N) is 2. The van der Waals surface area contributed by atoms with Crippen LogP contribution in [0.4, 0.5) is 17.1 Å². The molecular weight excluding hydrogens is 629 g/mol. The minimum atomic E-state index is 0.875. The highest BCUT2D eigenvalue weighted by Gasteiger charge is 2.22. The number of rotatable bonds is 4. The number of hydrogen-bond donors (Lipinski definition) is 0. The molecule has 0 radical (unpaired) electrons. The summed E-state index contributed by atoms with van der Waals surface area (Å²) in [5.74, 6) is 0. The van der Waals surface area contributed by atoms with Crippen LogP contribution in [-0.4, -0.2) is 4.57 Å². The fourth-order valence-electron chi connectivity index (χ4n) is 7.88. The number of benzene rings is 8. The summed E-state index contributed by atoms with van der Waals surface area (Å²) in [6, 6.07) is 61.3. The standard InChI is InChI=1S/C46H28N2OS/c1-2-13-31(14-3-1)48-40-18-8-6-15-34(40)35-23-21-32(27-42(35)48)47(41-19-10-17-38-36-16-7-9-20-43(36)49-46(38)41)33-22-24-37-39-25-29-11-4-5-12-30(29)26-44(39)50-45(37)28-33/h1-28H. The molecule has 0 unspecified atom stereocenters. The molecule has 0 saturated carbocycles. The van der Waals surface area contributed by atoms with E-state index >= 15 is 0 Å². The Bertz CT molecular complexity index is 3110. The molecule has 0 amide bonds. The van der Waals surface area contributed by atoms with Crippen LogP contribution in [0.3, 0.4) is 0 Å². The first-order valence-electron chi connectivity index (χ1n) is 16.9. The highest BCUT2D eigenvalue weighted by molar-refractivity contribution is 7.25. The molecule has 0 atom stereocenters. The zero-order valence-electron chi connectivity index (χ0n) is 26.9.